The molecule has 2 heterocycles. The molecular formula is C18H22N4O3. The Morgan fingerprint density at radius 2 is 2.08 bits per heavy atom. The van der Waals surface area contributed by atoms with Crippen LogP contribution in [0.25, 0.3) is 0 Å². The highest BCUT2D eigenvalue weighted by atomic mass is 16.5. The normalized spacial score (nSPS) is 14.2. The number of amides is 1. The molecular weight excluding hydrogens is 320 g/mol. The number of methoxy groups -OCH3 is 1. The Morgan fingerprint density at radius 1 is 1.28 bits per heavy atom. The average molecular weight is 342 g/mol. The lowest BCUT2D eigenvalue weighted by molar-refractivity contribution is -0.120. The lowest BCUT2D eigenvalue weighted by Crippen LogP contribution is -2.37. The largest absolute Gasteiger partial charge is 0.496 e. The fourth-order valence-corrected chi connectivity index (χ4v) is 2.67. The van der Waals surface area contributed by atoms with E-state index in [1.807, 2.05) is 30.3 Å². The summed E-state index contributed by atoms with van der Waals surface area (Å²) in [5, 5.41) is 2.90. The summed E-state index contributed by atoms with van der Waals surface area (Å²) in [5.74, 6) is 1.32. The maximum absolute atomic E-state index is 12.2. The van der Waals surface area contributed by atoms with Crippen molar-refractivity contribution in [2.24, 2.45) is 0 Å². The number of carbonyl (C=O) groups excluding carboxylic acids is 1. The monoisotopic (exact) mass is 342 g/mol. The minimum atomic E-state index is -0.0731. The third kappa shape index (κ3) is 4.67. The van der Waals surface area contributed by atoms with Crippen LogP contribution in [0.4, 0.5) is 5.95 Å². The summed E-state index contributed by atoms with van der Waals surface area (Å²) in [7, 11) is 1.60. The number of ether oxygens (including phenoxy) is 2. The summed E-state index contributed by atoms with van der Waals surface area (Å²) in [6.07, 6.45) is 1.99. The number of anilines is 1. The molecule has 1 aliphatic rings. The number of hydrogen-bond acceptors (Lipinski definition) is 6. The van der Waals surface area contributed by atoms with Crippen molar-refractivity contribution in [2.45, 2.75) is 13.0 Å². The predicted octanol–water partition coefficient (Wildman–Crippen LogP) is 1.18. The number of nitrogens with zero attached hydrogens (tertiary/aromatic N) is 3. The molecule has 1 aliphatic heterocycles. The van der Waals surface area contributed by atoms with Gasteiger partial charge in [0.15, 0.2) is 0 Å². The maximum Gasteiger partial charge on any atom is 0.225 e. The van der Waals surface area contributed by atoms with E-state index in [1.54, 1.807) is 13.3 Å². The van der Waals surface area contributed by atoms with Gasteiger partial charge in [-0.25, -0.2) is 9.97 Å². The van der Waals surface area contributed by atoms with E-state index in [-0.39, 0.29) is 12.3 Å². The fraction of sp³-hybridized carbons (Fsp3) is 0.389. The molecule has 1 fully saturated rings. The van der Waals surface area contributed by atoms with Crippen molar-refractivity contribution >= 4 is 11.9 Å². The van der Waals surface area contributed by atoms with Gasteiger partial charge in [-0.05, 0) is 12.1 Å². The topological polar surface area (TPSA) is 76.6 Å². The minimum Gasteiger partial charge on any atom is -0.496 e. The van der Waals surface area contributed by atoms with Crippen LogP contribution in [0.1, 0.15) is 11.3 Å². The first-order valence-corrected chi connectivity index (χ1v) is 8.29. The minimum absolute atomic E-state index is 0.0731. The Hall–Kier alpha value is -2.67. The highest BCUT2D eigenvalue weighted by Gasteiger charge is 2.14. The van der Waals surface area contributed by atoms with E-state index in [2.05, 4.69) is 20.2 Å². The molecule has 1 saturated heterocycles. The van der Waals surface area contributed by atoms with E-state index < -0.39 is 0 Å². The average Bonchev–Trinajstić information content (AvgIpc) is 2.68. The second-order valence-corrected chi connectivity index (χ2v) is 5.71. The lowest BCUT2D eigenvalue weighted by atomic mass is 10.1. The highest BCUT2D eigenvalue weighted by Crippen LogP contribution is 2.17. The van der Waals surface area contributed by atoms with Crippen LogP contribution in [0, 0.1) is 0 Å². The summed E-state index contributed by atoms with van der Waals surface area (Å²) in [4.78, 5) is 23.1. The van der Waals surface area contributed by atoms with Gasteiger partial charge < -0.3 is 19.7 Å². The molecule has 25 heavy (non-hydrogen) atoms. The van der Waals surface area contributed by atoms with E-state index in [0.717, 1.165) is 24.3 Å². The zero-order valence-corrected chi connectivity index (χ0v) is 14.3. The Labute approximate surface area is 147 Å². The molecule has 1 aromatic heterocycles. The van der Waals surface area contributed by atoms with Crippen molar-refractivity contribution < 1.29 is 14.3 Å². The Morgan fingerprint density at radius 3 is 2.88 bits per heavy atom. The van der Waals surface area contributed by atoms with E-state index in [9.17, 15) is 4.79 Å². The quantitative estimate of drug-likeness (QED) is 0.850. The number of carbonyl (C=O) groups is 1. The predicted molar refractivity (Wildman–Crippen MR) is 93.6 cm³/mol. The summed E-state index contributed by atoms with van der Waals surface area (Å²) < 4.78 is 10.6. The third-order valence-electron chi connectivity index (χ3n) is 4.00. The first kappa shape index (κ1) is 17.2. The number of hydrogen-bond donors (Lipinski definition) is 1. The molecule has 0 radical (unpaired) electrons. The van der Waals surface area contributed by atoms with Crippen molar-refractivity contribution in [1.29, 1.82) is 0 Å². The van der Waals surface area contributed by atoms with Crippen LogP contribution in [-0.2, 0) is 22.5 Å². The first-order valence-electron chi connectivity index (χ1n) is 8.29. The van der Waals surface area contributed by atoms with Gasteiger partial charge in [0, 0.05) is 24.8 Å². The van der Waals surface area contributed by atoms with Gasteiger partial charge in [0.1, 0.15) is 5.75 Å². The van der Waals surface area contributed by atoms with Gasteiger partial charge in [-0.2, -0.15) is 0 Å². The van der Waals surface area contributed by atoms with Crippen LogP contribution in [0.15, 0.2) is 36.5 Å². The molecule has 0 saturated carbocycles. The molecule has 132 valence electrons. The smallest absolute Gasteiger partial charge is 0.225 e. The fourth-order valence-electron chi connectivity index (χ4n) is 2.67. The molecule has 0 bridgehead atoms. The SMILES string of the molecule is COc1ccccc1CC(=O)NCc1ccnc(N2CCOCC2)n1. The zero-order valence-electron chi connectivity index (χ0n) is 14.3. The van der Waals surface area contributed by atoms with Gasteiger partial charge in [0.05, 0.1) is 39.0 Å². The van der Waals surface area contributed by atoms with Crippen LogP contribution in [-0.4, -0.2) is 49.3 Å². The van der Waals surface area contributed by atoms with Crippen LogP contribution < -0.4 is 15.0 Å². The second kappa shape index (κ2) is 8.43. The number of benzene rings is 1. The molecule has 0 aliphatic carbocycles. The number of rotatable bonds is 6. The molecule has 0 spiro atoms. The number of morpholine rings is 1. The van der Waals surface area contributed by atoms with E-state index in [4.69, 9.17) is 9.47 Å². The lowest BCUT2D eigenvalue weighted by Gasteiger charge is -2.26. The molecule has 3 rings (SSSR count). The molecule has 1 amide bonds. The molecule has 0 unspecified atom stereocenters. The van der Waals surface area contributed by atoms with E-state index in [0.29, 0.717) is 31.5 Å². The molecule has 2 aromatic rings. The van der Waals surface area contributed by atoms with E-state index in [1.165, 1.54) is 0 Å². The summed E-state index contributed by atoms with van der Waals surface area (Å²) in [6, 6.07) is 9.33. The number of para-hydroxylation sites is 1. The van der Waals surface area contributed by atoms with Crippen molar-refractivity contribution in [2.75, 3.05) is 38.3 Å². The van der Waals surface area contributed by atoms with Crippen molar-refractivity contribution in [3.05, 3.63) is 47.8 Å². The standard InChI is InChI=1S/C18H22N4O3/c1-24-16-5-3-2-4-14(16)12-17(23)20-13-15-6-7-19-18(21-15)22-8-10-25-11-9-22/h2-7H,8-13H2,1H3,(H,20,23). The van der Waals surface area contributed by atoms with Crippen molar-refractivity contribution in [1.82, 2.24) is 15.3 Å². The van der Waals surface area contributed by atoms with Crippen LogP contribution in [0.3, 0.4) is 0 Å². The molecule has 0 atom stereocenters. The van der Waals surface area contributed by atoms with Gasteiger partial charge in [0.2, 0.25) is 11.9 Å². The molecule has 7 heteroatoms. The van der Waals surface area contributed by atoms with Crippen molar-refractivity contribution in [3.63, 3.8) is 0 Å². The first-order chi connectivity index (χ1) is 12.3. The highest BCUT2D eigenvalue weighted by molar-refractivity contribution is 5.79. The zero-order chi connectivity index (χ0) is 17.5. The van der Waals surface area contributed by atoms with Gasteiger partial charge >= 0.3 is 0 Å². The maximum atomic E-state index is 12.2. The van der Waals surface area contributed by atoms with Crippen molar-refractivity contribution in [3.8, 4) is 5.75 Å². The Bertz CT molecular complexity index is 717. The molecule has 7 nitrogen and oxygen atoms in total. The van der Waals surface area contributed by atoms with E-state index >= 15 is 0 Å². The van der Waals surface area contributed by atoms with Gasteiger partial charge in [-0.3, -0.25) is 4.79 Å². The summed E-state index contributed by atoms with van der Waals surface area (Å²) in [5.41, 5.74) is 1.64. The van der Waals surface area contributed by atoms with Gasteiger partial charge in [-0.1, -0.05) is 18.2 Å². The van der Waals surface area contributed by atoms with Crippen LogP contribution in [0.2, 0.25) is 0 Å². The Kier molecular flexibility index (Phi) is 5.79. The number of nitrogens with one attached hydrogen (secondary N) is 1. The molecule has 1 aromatic carbocycles. The summed E-state index contributed by atoms with van der Waals surface area (Å²) in [6.45, 7) is 3.30. The number of aromatic nitrogens is 2. The molecule has 1 N–H and O–H groups in total. The summed E-state index contributed by atoms with van der Waals surface area (Å²) >= 11 is 0. The van der Waals surface area contributed by atoms with Crippen LogP contribution in [0.5, 0.6) is 5.75 Å². The third-order valence-corrected chi connectivity index (χ3v) is 4.00. The second-order valence-electron chi connectivity index (χ2n) is 5.71. The van der Waals surface area contributed by atoms with Gasteiger partial charge in [-0.15, -0.1) is 0 Å². The Balaban J connectivity index is 1.57. The van der Waals surface area contributed by atoms with Gasteiger partial charge in [0.25, 0.3) is 0 Å². The van der Waals surface area contributed by atoms with Crippen LogP contribution >= 0.6 is 0 Å².